The molecular weight excluding hydrogens is 317 g/mol. The van der Waals surface area contributed by atoms with Crippen LogP contribution in [0, 0.1) is 11.2 Å². The quantitative estimate of drug-likeness (QED) is 0.869. The molecule has 3 nitrogen and oxygen atoms in total. The molecule has 0 saturated carbocycles. The molecule has 1 unspecified atom stereocenters. The van der Waals surface area contributed by atoms with E-state index in [9.17, 15) is 9.50 Å². The van der Waals surface area contributed by atoms with Gasteiger partial charge in [-0.3, -0.25) is 4.90 Å². The number of methoxy groups -OCH3 is 1. The van der Waals surface area contributed by atoms with Gasteiger partial charge in [-0.2, -0.15) is 0 Å². The van der Waals surface area contributed by atoms with Crippen LogP contribution in [0.15, 0.2) is 48.5 Å². The summed E-state index contributed by atoms with van der Waals surface area (Å²) in [6.07, 6.45) is 2.51. The molecule has 1 atom stereocenters. The van der Waals surface area contributed by atoms with Gasteiger partial charge in [0.05, 0.1) is 13.7 Å². The molecule has 0 spiro atoms. The molecule has 1 aliphatic heterocycles. The van der Waals surface area contributed by atoms with Gasteiger partial charge in [-0.05, 0) is 55.1 Å². The number of nitrogens with zero attached hydrogens (tertiary/aromatic N) is 1. The maximum Gasteiger partial charge on any atom is 0.126 e. The molecule has 1 saturated heterocycles. The zero-order chi connectivity index (χ0) is 17.7. The lowest BCUT2D eigenvalue weighted by Crippen LogP contribution is -2.46. The number of rotatable bonds is 6. The molecule has 0 bridgehead atoms. The molecule has 134 valence electrons. The molecule has 4 heteroatoms. The molecule has 0 aliphatic carbocycles. The van der Waals surface area contributed by atoms with Gasteiger partial charge in [-0.15, -0.1) is 0 Å². The third kappa shape index (κ3) is 4.39. The average Bonchev–Trinajstić information content (AvgIpc) is 2.64. The van der Waals surface area contributed by atoms with Crippen molar-refractivity contribution in [2.45, 2.75) is 25.8 Å². The minimum Gasteiger partial charge on any atom is -0.497 e. The van der Waals surface area contributed by atoms with E-state index in [-0.39, 0.29) is 17.8 Å². The highest BCUT2D eigenvalue weighted by Crippen LogP contribution is 2.34. The van der Waals surface area contributed by atoms with Crippen LogP contribution < -0.4 is 4.74 Å². The van der Waals surface area contributed by atoms with E-state index < -0.39 is 0 Å². The summed E-state index contributed by atoms with van der Waals surface area (Å²) in [7, 11) is 1.67. The lowest BCUT2D eigenvalue weighted by Gasteiger charge is -2.42. The van der Waals surface area contributed by atoms with Gasteiger partial charge in [-0.25, -0.2) is 4.39 Å². The highest BCUT2D eigenvalue weighted by atomic mass is 19.1. The highest BCUT2D eigenvalue weighted by Gasteiger charge is 2.35. The smallest absolute Gasteiger partial charge is 0.126 e. The van der Waals surface area contributed by atoms with Crippen LogP contribution in [-0.4, -0.2) is 36.8 Å². The normalized spacial score (nSPS) is 21.2. The molecule has 25 heavy (non-hydrogen) atoms. The van der Waals surface area contributed by atoms with Crippen molar-refractivity contribution in [3.05, 3.63) is 65.5 Å². The summed E-state index contributed by atoms with van der Waals surface area (Å²) >= 11 is 0. The van der Waals surface area contributed by atoms with Gasteiger partial charge in [0.25, 0.3) is 0 Å². The second-order valence-electron chi connectivity index (χ2n) is 7.09. The largest absolute Gasteiger partial charge is 0.497 e. The molecule has 0 aromatic heterocycles. The van der Waals surface area contributed by atoms with E-state index in [0.29, 0.717) is 12.0 Å². The first kappa shape index (κ1) is 17.9. The van der Waals surface area contributed by atoms with Crippen LogP contribution in [0.4, 0.5) is 4.39 Å². The van der Waals surface area contributed by atoms with E-state index >= 15 is 0 Å². The third-order valence-corrected chi connectivity index (χ3v) is 5.14. The summed E-state index contributed by atoms with van der Waals surface area (Å²) in [6, 6.07) is 15.0. The first-order chi connectivity index (χ1) is 12.1. The Bertz CT molecular complexity index is 706. The summed E-state index contributed by atoms with van der Waals surface area (Å²) in [6.45, 7) is 2.66. The first-order valence-electron chi connectivity index (χ1n) is 8.84. The van der Waals surface area contributed by atoms with Crippen LogP contribution in [0.5, 0.6) is 5.75 Å². The standard InChI is InChI=1S/C21H26FNO2/c1-25-19-8-4-6-17(12-19)14-23-11-5-10-21(15-23,16-24)13-18-7-2-3-9-20(18)22/h2-4,6-9,12,24H,5,10-11,13-16H2,1H3. The Kier molecular flexibility index (Phi) is 5.71. The number of aliphatic hydroxyl groups is 1. The van der Waals surface area contributed by atoms with Crippen LogP contribution in [0.1, 0.15) is 24.0 Å². The predicted octanol–water partition coefficient (Wildman–Crippen LogP) is 3.65. The molecule has 2 aromatic rings. The number of aliphatic hydroxyl groups excluding tert-OH is 1. The Morgan fingerprint density at radius 2 is 2.04 bits per heavy atom. The van der Waals surface area contributed by atoms with E-state index in [4.69, 9.17) is 4.74 Å². The molecule has 1 aliphatic rings. The second-order valence-corrected chi connectivity index (χ2v) is 7.09. The lowest BCUT2D eigenvalue weighted by molar-refractivity contribution is 0.0282. The van der Waals surface area contributed by atoms with Gasteiger partial charge in [0.15, 0.2) is 0 Å². The summed E-state index contributed by atoms with van der Waals surface area (Å²) < 4.78 is 19.4. The summed E-state index contributed by atoms with van der Waals surface area (Å²) in [5.41, 5.74) is 1.61. The summed E-state index contributed by atoms with van der Waals surface area (Å²) in [5, 5.41) is 10.1. The number of benzene rings is 2. The molecule has 2 aromatic carbocycles. The molecule has 1 N–H and O–H groups in total. The number of halogens is 1. The highest BCUT2D eigenvalue weighted by molar-refractivity contribution is 5.28. The van der Waals surface area contributed by atoms with E-state index in [2.05, 4.69) is 11.0 Å². The van der Waals surface area contributed by atoms with E-state index in [1.807, 2.05) is 30.3 Å². The zero-order valence-corrected chi connectivity index (χ0v) is 14.7. The van der Waals surface area contributed by atoms with Gasteiger partial charge < -0.3 is 9.84 Å². The van der Waals surface area contributed by atoms with Crippen molar-refractivity contribution in [3.8, 4) is 5.75 Å². The van der Waals surface area contributed by atoms with Gasteiger partial charge in [-0.1, -0.05) is 30.3 Å². The number of likely N-dealkylation sites (tertiary alicyclic amines) is 1. The maximum atomic E-state index is 14.1. The van der Waals surface area contributed by atoms with Crippen molar-refractivity contribution < 1.29 is 14.2 Å². The fourth-order valence-electron chi connectivity index (χ4n) is 3.85. The van der Waals surface area contributed by atoms with Crippen LogP contribution in [0.3, 0.4) is 0 Å². The number of piperidine rings is 1. The number of hydrogen-bond acceptors (Lipinski definition) is 3. The molecule has 0 amide bonds. The van der Waals surface area contributed by atoms with Crippen LogP contribution in [0.25, 0.3) is 0 Å². The van der Waals surface area contributed by atoms with Crippen molar-refractivity contribution >= 4 is 0 Å². The Morgan fingerprint density at radius 1 is 1.20 bits per heavy atom. The minimum atomic E-state index is -0.278. The van der Waals surface area contributed by atoms with Crippen molar-refractivity contribution in [1.82, 2.24) is 4.90 Å². The van der Waals surface area contributed by atoms with Crippen LogP contribution in [0.2, 0.25) is 0 Å². The topological polar surface area (TPSA) is 32.7 Å². The second kappa shape index (κ2) is 7.98. The molecule has 1 heterocycles. The SMILES string of the molecule is COc1cccc(CN2CCCC(CO)(Cc3ccccc3F)C2)c1. The monoisotopic (exact) mass is 343 g/mol. The maximum absolute atomic E-state index is 14.1. The van der Waals surface area contributed by atoms with E-state index in [0.717, 1.165) is 38.2 Å². The Hall–Kier alpha value is -1.91. The number of ether oxygens (including phenoxy) is 1. The fourth-order valence-corrected chi connectivity index (χ4v) is 3.85. The number of hydrogen-bond donors (Lipinski definition) is 1. The first-order valence-corrected chi connectivity index (χ1v) is 8.84. The molecule has 1 fully saturated rings. The molecular formula is C21H26FNO2. The third-order valence-electron chi connectivity index (χ3n) is 5.14. The van der Waals surface area contributed by atoms with Gasteiger partial charge in [0.1, 0.15) is 11.6 Å². The molecule has 3 rings (SSSR count). The van der Waals surface area contributed by atoms with Crippen LogP contribution >= 0.6 is 0 Å². The summed E-state index contributed by atoms with van der Waals surface area (Å²) in [4.78, 5) is 2.36. The van der Waals surface area contributed by atoms with Crippen molar-refractivity contribution in [1.29, 1.82) is 0 Å². The van der Waals surface area contributed by atoms with Crippen molar-refractivity contribution in [3.63, 3.8) is 0 Å². The van der Waals surface area contributed by atoms with Gasteiger partial charge >= 0.3 is 0 Å². The predicted molar refractivity (Wildman–Crippen MR) is 97.1 cm³/mol. The van der Waals surface area contributed by atoms with Crippen LogP contribution in [-0.2, 0) is 13.0 Å². The van der Waals surface area contributed by atoms with E-state index in [1.54, 1.807) is 13.2 Å². The van der Waals surface area contributed by atoms with Gasteiger partial charge in [0.2, 0.25) is 0 Å². The van der Waals surface area contributed by atoms with Crippen molar-refractivity contribution in [2.24, 2.45) is 5.41 Å². The average molecular weight is 343 g/mol. The van der Waals surface area contributed by atoms with Crippen molar-refractivity contribution in [2.75, 3.05) is 26.8 Å². The summed E-state index contributed by atoms with van der Waals surface area (Å²) in [5.74, 6) is 0.675. The zero-order valence-electron chi connectivity index (χ0n) is 14.7. The van der Waals surface area contributed by atoms with E-state index in [1.165, 1.54) is 11.6 Å². The lowest BCUT2D eigenvalue weighted by atomic mass is 9.75. The Labute approximate surface area is 149 Å². The van der Waals surface area contributed by atoms with Gasteiger partial charge in [0, 0.05) is 18.5 Å². The fraction of sp³-hybridized carbons (Fsp3) is 0.429. The Balaban J connectivity index is 1.72. The Morgan fingerprint density at radius 3 is 2.80 bits per heavy atom. The minimum absolute atomic E-state index is 0.0793. The molecule has 0 radical (unpaired) electrons.